The van der Waals surface area contributed by atoms with Crippen molar-refractivity contribution < 1.29 is 9.53 Å². The predicted octanol–water partition coefficient (Wildman–Crippen LogP) is 0.947. The van der Waals surface area contributed by atoms with Gasteiger partial charge < -0.3 is 9.30 Å². The molecule has 60 valence electrons. The lowest BCUT2D eigenvalue weighted by atomic mass is 10.4. The molecule has 0 fully saturated rings. The van der Waals surface area contributed by atoms with Gasteiger partial charge in [-0.2, -0.15) is 0 Å². The van der Waals surface area contributed by atoms with E-state index in [1.54, 1.807) is 19.4 Å². The molecule has 0 aliphatic carbocycles. The lowest BCUT2D eigenvalue weighted by Gasteiger charge is -1.99. The molecule has 3 heteroatoms. The van der Waals surface area contributed by atoms with Crippen LogP contribution in [0.1, 0.15) is 10.4 Å². The number of hydrogen-bond acceptors (Lipinski definition) is 2. The highest BCUT2D eigenvalue weighted by Crippen LogP contribution is 1.96. The normalized spacial score (nSPS) is 9.91. The minimum absolute atomic E-state index is 0.674. The number of rotatable bonds is 4. The molecule has 0 aliphatic rings. The second kappa shape index (κ2) is 3.93. The quantitative estimate of drug-likeness (QED) is 0.603. The van der Waals surface area contributed by atoms with Gasteiger partial charge in [0, 0.05) is 31.6 Å². The van der Waals surface area contributed by atoms with Crippen LogP contribution in [0.25, 0.3) is 0 Å². The Bertz CT molecular complexity index is 230. The van der Waals surface area contributed by atoms with Crippen molar-refractivity contribution in [3.8, 4) is 0 Å². The molecule has 0 N–H and O–H groups in total. The van der Waals surface area contributed by atoms with E-state index in [0.717, 1.165) is 12.8 Å². The van der Waals surface area contributed by atoms with E-state index in [9.17, 15) is 4.79 Å². The number of aromatic nitrogens is 1. The topological polar surface area (TPSA) is 31.2 Å². The molecule has 0 radical (unpaired) electrons. The number of hydrogen-bond donors (Lipinski definition) is 0. The lowest BCUT2D eigenvalue weighted by molar-refractivity contribution is 0.112. The van der Waals surface area contributed by atoms with Gasteiger partial charge in [-0.15, -0.1) is 0 Å². The van der Waals surface area contributed by atoms with E-state index >= 15 is 0 Å². The maximum absolute atomic E-state index is 10.2. The Balaban J connectivity index is 2.51. The van der Waals surface area contributed by atoms with Gasteiger partial charge in [-0.3, -0.25) is 4.79 Å². The van der Waals surface area contributed by atoms with Crippen LogP contribution in [-0.4, -0.2) is 24.6 Å². The first-order valence-corrected chi connectivity index (χ1v) is 3.46. The van der Waals surface area contributed by atoms with Crippen LogP contribution in [0, 0.1) is 0 Å². The fourth-order valence-electron chi connectivity index (χ4n) is 0.865. The van der Waals surface area contributed by atoms with Gasteiger partial charge in [-0.05, 0) is 6.07 Å². The average Bonchev–Trinajstić information content (AvgIpc) is 2.48. The molecule has 3 nitrogen and oxygen atoms in total. The maximum atomic E-state index is 10.2. The largest absolute Gasteiger partial charge is 0.383 e. The number of nitrogens with zero attached hydrogens (tertiary/aromatic N) is 1. The second-order valence-electron chi connectivity index (χ2n) is 2.29. The van der Waals surface area contributed by atoms with Gasteiger partial charge in [-0.1, -0.05) is 0 Å². The maximum Gasteiger partial charge on any atom is 0.151 e. The third-order valence-corrected chi connectivity index (χ3v) is 1.46. The van der Waals surface area contributed by atoms with Crippen LogP contribution in [-0.2, 0) is 11.3 Å². The molecule has 11 heavy (non-hydrogen) atoms. The van der Waals surface area contributed by atoms with Gasteiger partial charge in [0.15, 0.2) is 6.29 Å². The molecule has 1 rings (SSSR count). The minimum Gasteiger partial charge on any atom is -0.383 e. The third kappa shape index (κ3) is 2.20. The van der Waals surface area contributed by atoms with Gasteiger partial charge in [0.25, 0.3) is 0 Å². The molecule has 0 aromatic carbocycles. The van der Waals surface area contributed by atoms with E-state index in [-0.39, 0.29) is 0 Å². The molecule has 1 aromatic heterocycles. The zero-order valence-electron chi connectivity index (χ0n) is 6.49. The van der Waals surface area contributed by atoms with Crippen molar-refractivity contribution in [3.63, 3.8) is 0 Å². The summed E-state index contributed by atoms with van der Waals surface area (Å²) in [7, 11) is 1.66. The van der Waals surface area contributed by atoms with Crippen molar-refractivity contribution in [3.05, 3.63) is 24.0 Å². The summed E-state index contributed by atoms with van der Waals surface area (Å²) >= 11 is 0. The van der Waals surface area contributed by atoms with Crippen LogP contribution in [0.4, 0.5) is 0 Å². The van der Waals surface area contributed by atoms with Crippen molar-refractivity contribution in [2.75, 3.05) is 13.7 Å². The molecule has 1 aromatic rings. The van der Waals surface area contributed by atoms with E-state index < -0.39 is 0 Å². The fourth-order valence-corrected chi connectivity index (χ4v) is 0.865. The Morgan fingerprint density at radius 1 is 1.73 bits per heavy atom. The van der Waals surface area contributed by atoms with Gasteiger partial charge >= 0.3 is 0 Å². The Hall–Kier alpha value is -1.09. The van der Waals surface area contributed by atoms with Crippen molar-refractivity contribution in [2.24, 2.45) is 0 Å². The van der Waals surface area contributed by atoms with Crippen LogP contribution in [0.2, 0.25) is 0 Å². The number of ether oxygens (including phenoxy) is 1. The number of aldehydes is 1. The van der Waals surface area contributed by atoms with Crippen molar-refractivity contribution in [2.45, 2.75) is 6.54 Å². The summed E-state index contributed by atoms with van der Waals surface area (Å²) in [6.45, 7) is 1.47. The summed E-state index contributed by atoms with van der Waals surface area (Å²) in [5.41, 5.74) is 0.709. The molecular weight excluding hydrogens is 142 g/mol. The monoisotopic (exact) mass is 153 g/mol. The van der Waals surface area contributed by atoms with Crippen LogP contribution < -0.4 is 0 Å². The zero-order chi connectivity index (χ0) is 8.10. The van der Waals surface area contributed by atoms with Gasteiger partial charge in [-0.25, -0.2) is 0 Å². The Kier molecular flexibility index (Phi) is 2.86. The first-order valence-electron chi connectivity index (χ1n) is 3.46. The molecule has 0 amide bonds. The Morgan fingerprint density at radius 2 is 2.55 bits per heavy atom. The van der Waals surface area contributed by atoms with E-state index in [4.69, 9.17) is 4.74 Å². The summed E-state index contributed by atoms with van der Waals surface area (Å²) in [5, 5.41) is 0. The average molecular weight is 153 g/mol. The molecular formula is C8H11NO2. The lowest BCUT2D eigenvalue weighted by Crippen LogP contribution is -2.00. The highest BCUT2D eigenvalue weighted by atomic mass is 16.5. The molecule has 0 spiro atoms. The summed E-state index contributed by atoms with van der Waals surface area (Å²) in [4.78, 5) is 10.2. The zero-order valence-corrected chi connectivity index (χ0v) is 6.49. The predicted molar refractivity (Wildman–Crippen MR) is 41.7 cm³/mol. The van der Waals surface area contributed by atoms with Gasteiger partial charge in [0.1, 0.15) is 0 Å². The number of methoxy groups -OCH3 is 1. The van der Waals surface area contributed by atoms with Gasteiger partial charge in [0.05, 0.1) is 6.61 Å². The van der Waals surface area contributed by atoms with E-state index in [0.29, 0.717) is 12.2 Å². The molecule has 0 saturated heterocycles. The Labute approximate surface area is 65.6 Å². The van der Waals surface area contributed by atoms with E-state index in [1.165, 1.54) is 0 Å². The highest BCUT2D eigenvalue weighted by Gasteiger charge is 1.93. The molecule has 0 atom stereocenters. The summed E-state index contributed by atoms with van der Waals surface area (Å²) in [5.74, 6) is 0. The molecule has 0 saturated carbocycles. The standard InChI is InChI=1S/C8H11NO2/c1-11-5-4-9-3-2-8(6-9)7-10/h2-3,6-7H,4-5H2,1H3. The van der Waals surface area contributed by atoms with Crippen molar-refractivity contribution >= 4 is 6.29 Å². The molecule has 0 aliphatic heterocycles. The summed E-state index contributed by atoms with van der Waals surface area (Å²) < 4.78 is 6.80. The van der Waals surface area contributed by atoms with Gasteiger partial charge in [0.2, 0.25) is 0 Å². The number of carbonyl (C=O) groups excluding carboxylic acids is 1. The highest BCUT2D eigenvalue weighted by molar-refractivity contribution is 5.74. The minimum atomic E-state index is 0.674. The summed E-state index contributed by atoms with van der Waals surface area (Å²) in [6.07, 6.45) is 4.50. The first-order chi connectivity index (χ1) is 5.36. The SMILES string of the molecule is COCCn1ccc(C=O)c1. The van der Waals surface area contributed by atoms with Crippen LogP contribution in [0.15, 0.2) is 18.5 Å². The van der Waals surface area contributed by atoms with E-state index in [1.807, 2.05) is 10.8 Å². The molecule has 1 heterocycles. The second-order valence-corrected chi connectivity index (χ2v) is 2.29. The molecule has 0 bridgehead atoms. The summed E-state index contributed by atoms with van der Waals surface area (Å²) in [6, 6.07) is 1.78. The van der Waals surface area contributed by atoms with Crippen molar-refractivity contribution in [1.29, 1.82) is 0 Å². The Morgan fingerprint density at radius 3 is 3.09 bits per heavy atom. The molecule has 0 unspecified atom stereocenters. The van der Waals surface area contributed by atoms with Crippen LogP contribution in [0.5, 0.6) is 0 Å². The smallest absolute Gasteiger partial charge is 0.151 e. The van der Waals surface area contributed by atoms with Crippen LogP contribution >= 0.6 is 0 Å². The fraction of sp³-hybridized carbons (Fsp3) is 0.375. The number of carbonyl (C=O) groups is 1. The van der Waals surface area contributed by atoms with Crippen molar-refractivity contribution in [1.82, 2.24) is 4.57 Å². The first kappa shape index (κ1) is 8.01. The third-order valence-electron chi connectivity index (χ3n) is 1.46. The van der Waals surface area contributed by atoms with E-state index in [2.05, 4.69) is 0 Å². The van der Waals surface area contributed by atoms with Crippen LogP contribution in [0.3, 0.4) is 0 Å².